The zero-order chi connectivity index (χ0) is 25.3. The summed E-state index contributed by atoms with van der Waals surface area (Å²) in [7, 11) is -3.78. The molecule has 1 saturated carbocycles. The molecule has 1 aromatic carbocycles. The zero-order valence-electron chi connectivity index (χ0n) is 21.5. The van der Waals surface area contributed by atoms with Crippen molar-refractivity contribution < 1.29 is 17.9 Å². The van der Waals surface area contributed by atoms with Crippen molar-refractivity contribution in [3.05, 3.63) is 65.8 Å². The number of aryl methyl sites for hydroxylation is 1. The smallest absolute Gasteiger partial charge is 0.276 e. The third-order valence-electron chi connectivity index (χ3n) is 9.63. The van der Waals surface area contributed by atoms with Crippen LogP contribution in [0, 0.1) is 41.4 Å². The summed E-state index contributed by atoms with van der Waals surface area (Å²) >= 11 is 0. The van der Waals surface area contributed by atoms with E-state index in [2.05, 4.69) is 61.1 Å². The highest BCUT2D eigenvalue weighted by molar-refractivity contribution is 7.89. The van der Waals surface area contributed by atoms with Crippen molar-refractivity contribution in [3.8, 4) is 0 Å². The average Bonchev–Trinajstić information content (AvgIpc) is 3.44. The second kappa shape index (κ2) is 8.14. The van der Waals surface area contributed by atoms with Crippen molar-refractivity contribution in [2.24, 2.45) is 39.6 Å². The lowest BCUT2D eigenvalue weighted by Gasteiger charge is -2.57. The topological polar surface area (TPSA) is 77.0 Å². The Hall–Kier alpha value is -2.22. The predicted molar refractivity (Wildman–Crippen MR) is 140 cm³/mol. The Morgan fingerprint density at radius 3 is 2.50 bits per heavy atom. The Morgan fingerprint density at radius 2 is 1.78 bits per heavy atom. The number of allylic oxidation sites excluding steroid dienone is 5. The third kappa shape index (κ3) is 3.42. The number of benzene rings is 1. The van der Waals surface area contributed by atoms with E-state index >= 15 is 0 Å². The van der Waals surface area contributed by atoms with Gasteiger partial charge in [-0.15, -0.1) is 0 Å². The zero-order valence-corrected chi connectivity index (χ0v) is 22.3. The Bertz CT molecular complexity index is 1290. The lowest BCUT2D eigenvalue weighted by atomic mass is 9.48. The van der Waals surface area contributed by atoms with Gasteiger partial charge in [0, 0.05) is 16.7 Å². The second-order valence-corrected chi connectivity index (χ2v) is 13.4. The van der Waals surface area contributed by atoms with Crippen LogP contribution in [-0.2, 0) is 19.5 Å². The number of hydrogen-bond donors (Lipinski definition) is 1. The average molecular weight is 509 g/mol. The quantitative estimate of drug-likeness (QED) is 0.453. The van der Waals surface area contributed by atoms with Crippen molar-refractivity contribution in [1.82, 2.24) is 4.83 Å². The normalized spacial score (nSPS) is 39.6. The summed E-state index contributed by atoms with van der Waals surface area (Å²) in [5, 5.41) is 4.65. The van der Waals surface area contributed by atoms with Crippen molar-refractivity contribution >= 4 is 15.7 Å². The lowest BCUT2D eigenvalue weighted by molar-refractivity contribution is -0.216. The molecule has 0 aromatic heterocycles. The van der Waals surface area contributed by atoms with E-state index in [1.165, 1.54) is 5.57 Å². The minimum atomic E-state index is -3.78. The van der Waals surface area contributed by atoms with Crippen LogP contribution in [0.15, 0.2) is 70.2 Å². The number of fused-ring (bicyclic) bond motifs is 6. The second-order valence-electron chi connectivity index (χ2n) is 11.8. The van der Waals surface area contributed by atoms with Crippen molar-refractivity contribution in [1.29, 1.82) is 0 Å². The van der Waals surface area contributed by atoms with E-state index in [0.717, 1.165) is 30.5 Å². The molecule has 1 N–H and O–H groups in total. The van der Waals surface area contributed by atoms with E-state index in [1.54, 1.807) is 24.3 Å². The Kier molecular flexibility index (Phi) is 5.46. The lowest BCUT2D eigenvalue weighted by Crippen LogP contribution is -2.57. The Labute approximate surface area is 214 Å². The maximum Gasteiger partial charge on any atom is 0.276 e. The first kappa shape index (κ1) is 24.1. The van der Waals surface area contributed by atoms with Crippen LogP contribution >= 0.6 is 0 Å². The molecular weight excluding hydrogens is 472 g/mol. The van der Waals surface area contributed by atoms with Gasteiger partial charge in [-0.3, -0.25) is 0 Å². The maximum atomic E-state index is 13.1. The Morgan fingerprint density at radius 1 is 1.06 bits per heavy atom. The number of rotatable bonds is 3. The molecule has 4 unspecified atom stereocenters. The summed E-state index contributed by atoms with van der Waals surface area (Å²) in [6.45, 7) is 9.99. The van der Waals surface area contributed by atoms with E-state index < -0.39 is 15.8 Å². The molecule has 1 spiro atoms. The van der Waals surface area contributed by atoms with Gasteiger partial charge in [-0.2, -0.15) is 18.4 Å². The van der Waals surface area contributed by atoms with Gasteiger partial charge < -0.3 is 9.47 Å². The fourth-order valence-electron chi connectivity index (χ4n) is 7.47. The summed E-state index contributed by atoms with van der Waals surface area (Å²) in [4.78, 5) is 2.80. The van der Waals surface area contributed by atoms with Crippen LogP contribution in [0.4, 0.5) is 0 Å². The number of hydrazone groups is 1. The number of nitrogens with zero attached hydrogens (tertiary/aromatic N) is 1. The molecule has 192 valence electrons. The van der Waals surface area contributed by atoms with Gasteiger partial charge in [-0.05, 0) is 68.2 Å². The SMILES string of the molecule is Cc1ccc(S(=O)(=O)N/N=C2/C=C3CC(C)C=C[C@]3(C)C3CC[C@@]4(C)C(C=CC45OCCO5)C23)cc1. The van der Waals surface area contributed by atoms with Gasteiger partial charge in [0.15, 0.2) is 5.79 Å². The molecule has 5 aliphatic rings. The van der Waals surface area contributed by atoms with Crippen molar-refractivity contribution in [2.45, 2.75) is 57.6 Å². The van der Waals surface area contributed by atoms with Crippen LogP contribution in [0.5, 0.6) is 0 Å². The van der Waals surface area contributed by atoms with E-state index in [4.69, 9.17) is 9.47 Å². The highest BCUT2D eigenvalue weighted by atomic mass is 32.2. The first-order valence-corrected chi connectivity index (χ1v) is 14.6. The maximum absolute atomic E-state index is 13.1. The molecule has 0 amide bonds. The van der Waals surface area contributed by atoms with E-state index in [0.29, 0.717) is 25.0 Å². The molecule has 1 saturated heterocycles. The van der Waals surface area contributed by atoms with Crippen LogP contribution in [-0.4, -0.2) is 33.1 Å². The molecule has 2 fully saturated rings. The van der Waals surface area contributed by atoms with Gasteiger partial charge in [0.05, 0.1) is 23.8 Å². The first-order chi connectivity index (χ1) is 17.1. The largest absolute Gasteiger partial charge is 0.343 e. The van der Waals surface area contributed by atoms with Gasteiger partial charge in [0.2, 0.25) is 0 Å². The molecule has 6 atom stereocenters. The molecule has 0 bridgehead atoms. The van der Waals surface area contributed by atoms with Gasteiger partial charge in [0.25, 0.3) is 10.0 Å². The van der Waals surface area contributed by atoms with Gasteiger partial charge in [-0.25, -0.2) is 0 Å². The number of sulfonamides is 1. The molecule has 7 heteroatoms. The fourth-order valence-corrected chi connectivity index (χ4v) is 8.30. The molecular formula is C29H36N2O4S. The van der Waals surface area contributed by atoms with Crippen LogP contribution in [0.3, 0.4) is 0 Å². The molecule has 1 heterocycles. The molecule has 1 aliphatic heterocycles. The standard InChI is InChI=1S/C29H36N2O4S/c1-19-5-7-22(8-6-19)36(32,33)31-30-25-18-21-17-20(2)9-12-27(21,3)23-10-13-28(4)24(26(23)25)11-14-29(28)34-15-16-35-29/h5-9,11-12,14,18,20,23-24,26,31H,10,13,15-17H2,1-4H3/b30-25-/t20?,23?,24?,26?,27-,28-/m0/s1. The van der Waals surface area contributed by atoms with Crippen LogP contribution in [0.25, 0.3) is 0 Å². The number of ether oxygens (including phenoxy) is 2. The van der Waals surface area contributed by atoms with Gasteiger partial charge >= 0.3 is 0 Å². The molecule has 36 heavy (non-hydrogen) atoms. The monoisotopic (exact) mass is 508 g/mol. The summed E-state index contributed by atoms with van der Waals surface area (Å²) < 4.78 is 38.7. The van der Waals surface area contributed by atoms with Crippen LogP contribution in [0.2, 0.25) is 0 Å². The third-order valence-corrected chi connectivity index (χ3v) is 10.9. The summed E-state index contributed by atoms with van der Waals surface area (Å²) in [6, 6.07) is 6.86. The predicted octanol–water partition coefficient (Wildman–Crippen LogP) is 5.13. The van der Waals surface area contributed by atoms with Crippen molar-refractivity contribution in [2.75, 3.05) is 13.2 Å². The highest BCUT2D eigenvalue weighted by Gasteiger charge is 2.65. The van der Waals surface area contributed by atoms with Crippen LogP contribution in [0.1, 0.15) is 45.6 Å². The highest BCUT2D eigenvalue weighted by Crippen LogP contribution is 2.65. The number of nitrogens with one attached hydrogen (secondary N) is 1. The first-order valence-electron chi connectivity index (χ1n) is 13.1. The summed E-state index contributed by atoms with van der Waals surface area (Å²) in [5.74, 6) is 0.272. The van der Waals surface area contributed by atoms with E-state index in [9.17, 15) is 8.42 Å². The Balaban J connectivity index is 1.43. The molecule has 1 aromatic rings. The minimum absolute atomic E-state index is 0.0553. The molecule has 0 radical (unpaired) electrons. The molecule has 6 nitrogen and oxygen atoms in total. The number of hydrogen-bond acceptors (Lipinski definition) is 5. The van der Waals surface area contributed by atoms with Gasteiger partial charge in [-0.1, -0.05) is 62.3 Å². The summed E-state index contributed by atoms with van der Waals surface area (Å²) in [5.41, 5.74) is 2.89. The van der Waals surface area contributed by atoms with E-state index in [-0.39, 0.29) is 27.6 Å². The summed E-state index contributed by atoms with van der Waals surface area (Å²) in [6.07, 6.45) is 14.3. The van der Waals surface area contributed by atoms with E-state index in [1.807, 2.05) is 6.92 Å². The van der Waals surface area contributed by atoms with Crippen molar-refractivity contribution in [3.63, 3.8) is 0 Å². The molecule has 6 rings (SSSR count). The molecule has 4 aliphatic carbocycles. The van der Waals surface area contributed by atoms with Crippen LogP contribution < -0.4 is 4.83 Å². The fraction of sp³-hybridized carbons (Fsp3) is 0.552. The van der Waals surface area contributed by atoms with Gasteiger partial charge in [0.1, 0.15) is 0 Å². The minimum Gasteiger partial charge on any atom is -0.343 e.